The van der Waals surface area contributed by atoms with E-state index in [1.165, 1.54) is 18.9 Å². The highest BCUT2D eigenvalue weighted by atomic mass is 35.5. The second kappa shape index (κ2) is 5.84. The van der Waals surface area contributed by atoms with Crippen molar-refractivity contribution in [3.8, 4) is 11.1 Å². The fourth-order valence-electron chi connectivity index (χ4n) is 2.30. The molecule has 0 heterocycles. The fourth-order valence-corrected chi connectivity index (χ4v) is 2.47. The minimum atomic E-state index is -0.379. The van der Waals surface area contributed by atoms with Gasteiger partial charge in [-0.1, -0.05) is 29.8 Å². The second-order valence-corrected chi connectivity index (χ2v) is 5.70. The molecule has 3 rings (SSSR count). The zero-order chi connectivity index (χ0) is 14.8. The van der Waals surface area contributed by atoms with Gasteiger partial charge in [-0.3, -0.25) is 10.1 Å². The van der Waals surface area contributed by atoms with Crippen molar-refractivity contribution in [2.75, 3.05) is 0 Å². The molecule has 0 radical (unpaired) electrons. The SMILES string of the molecule is O=[N+]([O-])c1cccc(-c2cc(Cl)ccc2CNC2CC2)c1. The Balaban J connectivity index is 1.96. The number of nitro benzene ring substituents is 1. The van der Waals surface area contributed by atoms with Crippen LogP contribution < -0.4 is 5.32 Å². The third-order valence-electron chi connectivity index (χ3n) is 3.60. The standard InChI is InChI=1S/C16H15ClN2O2/c17-13-5-4-12(10-18-14-6-7-14)16(9-13)11-2-1-3-15(8-11)19(20)21/h1-5,8-9,14,18H,6-7,10H2. The van der Waals surface area contributed by atoms with E-state index in [-0.39, 0.29) is 10.6 Å². The summed E-state index contributed by atoms with van der Waals surface area (Å²) in [6.07, 6.45) is 2.44. The van der Waals surface area contributed by atoms with Crippen molar-refractivity contribution < 1.29 is 4.92 Å². The summed E-state index contributed by atoms with van der Waals surface area (Å²) in [7, 11) is 0. The number of benzene rings is 2. The molecule has 0 bridgehead atoms. The van der Waals surface area contributed by atoms with Crippen LogP contribution in [0.2, 0.25) is 5.02 Å². The molecule has 0 amide bonds. The first-order valence-electron chi connectivity index (χ1n) is 6.90. The summed E-state index contributed by atoms with van der Waals surface area (Å²) in [6.45, 7) is 0.750. The predicted octanol–water partition coefficient (Wildman–Crippen LogP) is 4.17. The van der Waals surface area contributed by atoms with E-state index in [0.717, 1.165) is 23.2 Å². The van der Waals surface area contributed by atoms with Crippen LogP contribution in [0.25, 0.3) is 11.1 Å². The third kappa shape index (κ3) is 3.40. The van der Waals surface area contributed by atoms with Crippen molar-refractivity contribution in [3.63, 3.8) is 0 Å². The van der Waals surface area contributed by atoms with Crippen LogP contribution >= 0.6 is 11.6 Å². The van der Waals surface area contributed by atoms with E-state index >= 15 is 0 Å². The van der Waals surface area contributed by atoms with E-state index in [4.69, 9.17) is 11.6 Å². The number of nitrogens with zero attached hydrogens (tertiary/aromatic N) is 1. The van der Waals surface area contributed by atoms with Crippen LogP contribution in [0.1, 0.15) is 18.4 Å². The second-order valence-electron chi connectivity index (χ2n) is 5.26. The van der Waals surface area contributed by atoms with Crippen molar-refractivity contribution in [1.29, 1.82) is 0 Å². The maximum atomic E-state index is 10.9. The summed E-state index contributed by atoms with van der Waals surface area (Å²) in [6, 6.07) is 13.0. The van der Waals surface area contributed by atoms with Gasteiger partial charge in [-0.15, -0.1) is 0 Å². The molecule has 1 aliphatic rings. The quantitative estimate of drug-likeness (QED) is 0.666. The van der Waals surface area contributed by atoms with E-state index in [9.17, 15) is 10.1 Å². The van der Waals surface area contributed by atoms with Gasteiger partial charge in [0.25, 0.3) is 5.69 Å². The molecular weight excluding hydrogens is 288 g/mol. The highest BCUT2D eigenvalue weighted by Crippen LogP contribution is 2.30. The highest BCUT2D eigenvalue weighted by molar-refractivity contribution is 6.30. The molecule has 0 aromatic heterocycles. The van der Waals surface area contributed by atoms with Crippen LogP contribution in [0.15, 0.2) is 42.5 Å². The number of hydrogen-bond acceptors (Lipinski definition) is 3. The Kier molecular flexibility index (Phi) is 3.90. The van der Waals surface area contributed by atoms with Gasteiger partial charge < -0.3 is 5.32 Å². The smallest absolute Gasteiger partial charge is 0.270 e. The third-order valence-corrected chi connectivity index (χ3v) is 3.83. The van der Waals surface area contributed by atoms with Crippen LogP contribution in [0.5, 0.6) is 0 Å². The van der Waals surface area contributed by atoms with E-state index in [2.05, 4.69) is 5.32 Å². The summed E-state index contributed by atoms with van der Waals surface area (Å²) >= 11 is 6.09. The van der Waals surface area contributed by atoms with Crippen LogP contribution in [-0.2, 0) is 6.54 Å². The largest absolute Gasteiger partial charge is 0.310 e. The lowest BCUT2D eigenvalue weighted by Crippen LogP contribution is -2.15. The molecule has 0 saturated heterocycles. The van der Waals surface area contributed by atoms with Gasteiger partial charge in [0.05, 0.1) is 4.92 Å². The summed E-state index contributed by atoms with van der Waals surface area (Å²) in [5, 5.41) is 15.0. The van der Waals surface area contributed by atoms with Crippen LogP contribution in [-0.4, -0.2) is 11.0 Å². The molecule has 0 unspecified atom stereocenters. The Labute approximate surface area is 127 Å². The molecule has 0 spiro atoms. The van der Waals surface area contributed by atoms with Gasteiger partial charge in [-0.2, -0.15) is 0 Å². The Morgan fingerprint density at radius 3 is 2.76 bits per heavy atom. The van der Waals surface area contributed by atoms with E-state index < -0.39 is 0 Å². The van der Waals surface area contributed by atoms with Gasteiger partial charge in [-0.05, 0) is 41.7 Å². The minimum absolute atomic E-state index is 0.0913. The van der Waals surface area contributed by atoms with E-state index in [0.29, 0.717) is 11.1 Å². The molecule has 108 valence electrons. The number of hydrogen-bond donors (Lipinski definition) is 1. The van der Waals surface area contributed by atoms with Crippen LogP contribution in [0.3, 0.4) is 0 Å². The molecule has 0 atom stereocenters. The number of nitro groups is 1. The average Bonchev–Trinajstić information content (AvgIpc) is 3.30. The molecule has 0 aliphatic heterocycles. The van der Waals surface area contributed by atoms with E-state index in [1.54, 1.807) is 12.1 Å². The van der Waals surface area contributed by atoms with Gasteiger partial charge in [0.2, 0.25) is 0 Å². The van der Waals surface area contributed by atoms with Gasteiger partial charge in [0, 0.05) is 29.7 Å². The molecule has 2 aromatic carbocycles. The molecule has 1 N–H and O–H groups in total. The maximum absolute atomic E-state index is 10.9. The summed E-state index contributed by atoms with van der Waals surface area (Å²) < 4.78 is 0. The van der Waals surface area contributed by atoms with Crippen LogP contribution in [0, 0.1) is 10.1 Å². The Morgan fingerprint density at radius 2 is 2.05 bits per heavy atom. The van der Waals surface area contributed by atoms with Gasteiger partial charge in [0.1, 0.15) is 0 Å². The molecule has 1 aliphatic carbocycles. The Hall–Kier alpha value is -1.91. The highest BCUT2D eigenvalue weighted by Gasteiger charge is 2.20. The number of halogens is 1. The lowest BCUT2D eigenvalue weighted by Gasteiger charge is -2.11. The lowest BCUT2D eigenvalue weighted by molar-refractivity contribution is -0.384. The maximum Gasteiger partial charge on any atom is 0.270 e. The molecule has 4 nitrogen and oxygen atoms in total. The summed E-state index contributed by atoms with van der Waals surface area (Å²) in [5.41, 5.74) is 2.96. The fraction of sp³-hybridized carbons (Fsp3) is 0.250. The average molecular weight is 303 g/mol. The minimum Gasteiger partial charge on any atom is -0.310 e. The predicted molar refractivity (Wildman–Crippen MR) is 83.4 cm³/mol. The first-order chi connectivity index (χ1) is 10.1. The van der Waals surface area contributed by atoms with E-state index in [1.807, 2.05) is 24.3 Å². The Morgan fingerprint density at radius 1 is 1.24 bits per heavy atom. The number of nitrogens with one attached hydrogen (secondary N) is 1. The first-order valence-corrected chi connectivity index (χ1v) is 7.28. The van der Waals surface area contributed by atoms with Crippen molar-refractivity contribution in [1.82, 2.24) is 5.32 Å². The molecular formula is C16H15ClN2O2. The number of rotatable bonds is 5. The molecule has 21 heavy (non-hydrogen) atoms. The van der Waals surface area contributed by atoms with Gasteiger partial charge >= 0.3 is 0 Å². The van der Waals surface area contributed by atoms with Crippen molar-refractivity contribution >= 4 is 17.3 Å². The van der Waals surface area contributed by atoms with Gasteiger partial charge in [-0.25, -0.2) is 0 Å². The Bertz CT molecular complexity index is 684. The summed E-state index contributed by atoms with van der Waals surface area (Å²) in [4.78, 5) is 10.5. The van der Waals surface area contributed by atoms with Gasteiger partial charge in [0.15, 0.2) is 0 Å². The molecule has 1 fully saturated rings. The molecule has 1 saturated carbocycles. The monoisotopic (exact) mass is 302 g/mol. The van der Waals surface area contributed by atoms with Crippen molar-refractivity contribution in [2.45, 2.75) is 25.4 Å². The summed E-state index contributed by atoms with van der Waals surface area (Å²) in [5.74, 6) is 0. The molecule has 2 aromatic rings. The molecule has 5 heteroatoms. The topological polar surface area (TPSA) is 55.2 Å². The first kappa shape index (κ1) is 14.0. The van der Waals surface area contributed by atoms with Crippen LogP contribution in [0.4, 0.5) is 5.69 Å². The normalized spacial score (nSPS) is 14.1. The zero-order valence-corrected chi connectivity index (χ0v) is 12.1. The lowest BCUT2D eigenvalue weighted by atomic mass is 9.99. The zero-order valence-electron chi connectivity index (χ0n) is 11.4. The number of non-ortho nitro benzene ring substituents is 1. The van der Waals surface area contributed by atoms with Crippen molar-refractivity contribution in [3.05, 3.63) is 63.2 Å². The van der Waals surface area contributed by atoms with Crippen molar-refractivity contribution in [2.24, 2.45) is 0 Å².